The summed E-state index contributed by atoms with van der Waals surface area (Å²) in [6.45, 7) is 12.6. The van der Waals surface area contributed by atoms with Crippen molar-refractivity contribution in [2.45, 2.75) is 65.1 Å². The molecule has 2 aromatic rings. The average Bonchev–Trinajstić information content (AvgIpc) is 2.87. The van der Waals surface area contributed by atoms with Gasteiger partial charge in [0.1, 0.15) is 0 Å². The van der Waals surface area contributed by atoms with Crippen molar-refractivity contribution >= 4 is 10.9 Å². The Hall–Kier alpha value is -1.39. The Bertz CT molecular complexity index is 654. The van der Waals surface area contributed by atoms with Gasteiger partial charge in [-0.25, -0.2) is 0 Å². The van der Waals surface area contributed by atoms with E-state index < -0.39 is 0 Å². The van der Waals surface area contributed by atoms with Crippen LogP contribution in [0.5, 0.6) is 0 Å². The number of aromatic nitrogens is 2. The topological polar surface area (TPSA) is 36.3 Å². The van der Waals surface area contributed by atoms with Crippen LogP contribution >= 0.6 is 0 Å². The van der Waals surface area contributed by atoms with Gasteiger partial charge < -0.3 is 9.47 Å². The van der Waals surface area contributed by atoms with Crippen molar-refractivity contribution in [2.24, 2.45) is 0 Å². The molecule has 0 amide bonds. The van der Waals surface area contributed by atoms with E-state index in [9.17, 15) is 0 Å². The molecule has 4 nitrogen and oxygen atoms in total. The normalized spacial score (nSPS) is 21.5. The Morgan fingerprint density at radius 1 is 1.10 bits per heavy atom. The van der Waals surface area contributed by atoms with Gasteiger partial charge >= 0.3 is 0 Å². The molecule has 114 valence electrons. The number of hydrogen-bond donors (Lipinski definition) is 0. The molecule has 1 aliphatic rings. The molecule has 0 atom stereocenters. The molecule has 0 radical (unpaired) electrons. The van der Waals surface area contributed by atoms with Gasteiger partial charge in [0.15, 0.2) is 6.29 Å². The lowest BCUT2D eigenvalue weighted by atomic mass is 9.90. The van der Waals surface area contributed by atoms with Crippen molar-refractivity contribution in [3.05, 3.63) is 30.0 Å². The van der Waals surface area contributed by atoms with Crippen LogP contribution in [0.25, 0.3) is 10.9 Å². The fourth-order valence-corrected chi connectivity index (χ4v) is 2.61. The molecule has 1 aromatic heterocycles. The van der Waals surface area contributed by atoms with E-state index >= 15 is 0 Å². The Balaban J connectivity index is 1.96. The number of fused-ring (bicyclic) bond motifs is 1. The zero-order valence-corrected chi connectivity index (χ0v) is 13.7. The van der Waals surface area contributed by atoms with Crippen molar-refractivity contribution in [3.8, 4) is 0 Å². The fourth-order valence-electron chi connectivity index (χ4n) is 2.61. The second-order valence-electron chi connectivity index (χ2n) is 7.09. The highest BCUT2D eigenvalue weighted by molar-refractivity contribution is 5.79. The first-order valence-electron chi connectivity index (χ1n) is 7.54. The summed E-state index contributed by atoms with van der Waals surface area (Å²) in [6, 6.07) is 6.64. The maximum Gasteiger partial charge on any atom is 0.185 e. The molecule has 21 heavy (non-hydrogen) atoms. The molecule has 1 fully saturated rings. The number of ether oxygens (including phenoxy) is 2. The first kappa shape index (κ1) is 14.5. The van der Waals surface area contributed by atoms with E-state index in [-0.39, 0.29) is 17.5 Å². The SMILES string of the molecule is CC(C)n1ncc2cc(C3OC(C)(C)C(C)(C)O3)ccc21. The minimum atomic E-state index is -0.318. The second kappa shape index (κ2) is 4.55. The van der Waals surface area contributed by atoms with E-state index in [1.807, 2.05) is 10.9 Å². The molecular weight excluding hydrogens is 264 g/mol. The molecule has 1 aliphatic heterocycles. The standard InChI is InChI=1S/C17H24N2O2/c1-11(2)19-14-8-7-12(9-13(14)10-18-19)15-20-16(3,4)17(5,6)21-15/h7-11,15H,1-6H3. The van der Waals surface area contributed by atoms with Crippen LogP contribution in [0, 0.1) is 0 Å². The lowest BCUT2D eigenvalue weighted by molar-refractivity contribution is -0.0894. The molecule has 0 bridgehead atoms. The lowest BCUT2D eigenvalue weighted by Gasteiger charge is -2.30. The third kappa shape index (κ3) is 2.27. The largest absolute Gasteiger partial charge is 0.339 e. The zero-order chi connectivity index (χ0) is 15.4. The van der Waals surface area contributed by atoms with Crippen LogP contribution in [0.3, 0.4) is 0 Å². The van der Waals surface area contributed by atoms with Crippen LogP contribution < -0.4 is 0 Å². The van der Waals surface area contributed by atoms with Gasteiger partial charge in [-0.3, -0.25) is 4.68 Å². The van der Waals surface area contributed by atoms with E-state index in [1.54, 1.807) is 0 Å². The van der Waals surface area contributed by atoms with Gasteiger partial charge in [0, 0.05) is 17.0 Å². The smallest absolute Gasteiger partial charge is 0.185 e. The number of nitrogens with zero attached hydrogens (tertiary/aromatic N) is 2. The summed E-state index contributed by atoms with van der Waals surface area (Å²) in [4.78, 5) is 0. The minimum Gasteiger partial charge on any atom is -0.339 e. The Morgan fingerprint density at radius 3 is 2.29 bits per heavy atom. The van der Waals surface area contributed by atoms with Crippen molar-refractivity contribution in [3.63, 3.8) is 0 Å². The Labute approximate surface area is 126 Å². The maximum atomic E-state index is 6.10. The van der Waals surface area contributed by atoms with Gasteiger partial charge in [0.25, 0.3) is 0 Å². The Morgan fingerprint density at radius 2 is 1.71 bits per heavy atom. The van der Waals surface area contributed by atoms with Crippen molar-refractivity contribution in [1.29, 1.82) is 0 Å². The number of benzene rings is 1. The van der Waals surface area contributed by atoms with Crippen LogP contribution in [0.1, 0.15) is 59.4 Å². The molecule has 0 saturated carbocycles. The monoisotopic (exact) mass is 288 g/mol. The van der Waals surface area contributed by atoms with Crippen LogP contribution in [-0.2, 0) is 9.47 Å². The van der Waals surface area contributed by atoms with Crippen LogP contribution in [0.15, 0.2) is 24.4 Å². The molecule has 0 unspecified atom stereocenters. The van der Waals surface area contributed by atoms with E-state index in [1.165, 1.54) is 0 Å². The maximum absolute atomic E-state index is 6.10. The van der Waals surface area contributed by atoms with E-state index in [2.05, 4.69) is 64.8 Å². The highest BCUT2D eigenvalue weighted by Crippen LogP contribution is 2.45. The zero-order valence-electron chi connectivity index (χ0n) is 13.7. The minimum absolute atomic E-state index is 0.311. The summed E-state index contributed by atoms with van der Waals surface area (Å²) < 4.78 is 14.2. The van der Waals surface area contributed by atoms with Crippen LogP contribution in [0.4, 0.5) is 0 Å². The second-order valence-corrected chi connectivity index (χ2v) is 7.09. The quantitative estimate of drug-likeness (QED) is 0.830. The van der Waals surface area contributed by atoms with Crippen LogP contribution in [-0.4, -0.2) is 21.0 Å². The molecule has 0 aliphatic carbocycles. The first-order valence-corrected chi connectivity index (χ1v) is 7.54. The molecular formula is C17H24N2O2. The highest BCUT2D eigenvalue weighted by atomic mass is 16.7. The van der Waals surface area contributed by atoms with Crippen LogP contribution in [0.2, 0.25) is 0 Å². The predicted octanol–water partition coefficient (Wildman–Crippen LogP) is 4.22. The molecule has 4 heteroatoms. The Kier molecular flexibility index (Phi) is 3.15. The summed E-state index contributed by atoms with van der Waals surface area (Å²) in [5.74, 6) is 0. The molecule has 3 rings (SSSR count). The van der Waals surface area contributed by atoms with E-state index in [0.717, 1.165) is 16.5 Å². The van der Waals surface area contributed by atoms with Crippen molar-refractivity contribution in [1.82, 2.24) is 9.78 Å². The fraction of sp³-hybridized carbons (Fsp3) is 0.588. The molecule has 1 aromatic carbocycles. The van der Waals surface area contributed by atoms with Gasteiger partial charge in [-0.1, -0.05) is 6.07 Å². The highest BCUT2D eigenvalue weighted by Gasteiger charge is 2.49. The summed E-state index contributed by atoms with van der Waals surface area (Å²) in [6.07, 6.45) is 1.59. The molecule has 0 N–H and O–H groups in total. The average molecular weight is 288 g/mol. The lowest BCUT2D eigenvalue weighted by Crippen LogP contribution is -2.41. The van der Waals surface area contributed by atoms with Gasteiger partial charge in [-0.2, -0.15) is 5.10 Å². The number of hydrogen-bond acceptors (Lipinski definition) is 3. The van der Waals surface area contributed by atoms with Gasteiger partial charge in [0.05, 0.1) is 22.9 Å². The van der Waals surface area contributed by atoms with E-state index in [4.69, 9.17) is 9.47 Å². The van der Waals surface area contributed by atoms with Crippen molar-refractivity contribution in [2.75, 3.05) is 0 Å². The summed E-state index contributed by atoms with van der Waals surface area (Å²) in [7, 11) is 0. The van der Waals surface area contributed by atoms with Gasteiger partial charge in [-0.05, 0) is 53.7 Å². The van der Waals surface area contributed by atoms with Gasteiger partial charge in [-0.15, -0.1) is 0 Å². The van der Waals surface area contributed by atoms with E-state index in [0.29, 0.717) is 6.04 Å². The number of rotatable bonds is 2. The van der Waals surface area contributed by atoms with Gasteiger partial charge in [0.2, 0.25) is 0 Å². The first-order chi connectivity index (χ1) is 9.71. The summed E-state index contributed by atoms with van der Waals surface area (Å²) in [5.41, 5.74) is 1.57. The summed E-state index contributed by atoms with van der Waals surface area (Å²) >= 11 is 0. The predicted molar refractivity (Wildman–Crippen MR) is 83.2 cm³/mol. The van der Waals surface area contributed by atoms with Crippen molar-refractivity contribution < 1.29 is 9.47 Å². The third-order valence-electron chi connectivity index (χ3n) is 4.63. The summed E-state index contributed by atoms with van der Waals surface area (Å²) in [5, 5.41) is 5.58. The molecule has 0 spiro atoms. The molecule has 2 heterocycles. The molecule has 1 saturated heterocycles. The third-order valence-corrected chi connectivity index (χ3v) is 4.63.